The molecule has 0 heterocycles. The van der Waals surface area contributed by atoms with E-state index >= 15 is 0 Å². The van der Waals surface area contributed by atoms with Gasteiger partial charge in [0, 0.05) is 31.7 Å². The topological polar surface area (TPSA) is 32.3 Å². The Morgan fingerprint density at radius 2 is 1.78 bits per heavy atom. The van der Waals surface area contributed by atoms with E-state index in [9.17, 15) is 4.79 Å². The van der Waals surface area contributed by atoms with Crippen LogP contribution in [0.25, 0.3) is 0 Å². The monoisotopic (exact) mass is 244 g/mol. The lowest BCUT2D eigenvalue weighted by molar-refractivity contribution is -0.116. The van der Waals surface area contributed by atoms with Gasteiger partial charge in [0.2, 0.25) is 5.91 Å². The summed E-state index contributed by atoms with van der Waals surface area (Å²) in [6.45, 7) is 9.64. The van der Waals surface area contributed by atoms with Gasteiger partial charge in [-0.15, -0.1) is 13.2 Å². The summed E-state index contributed by atoms with van der Waals surface area (Å²) < 4.78 is 0. The average molecular weight is 244 g/mol. The third kappa shape index (κ3) is 5.46. The molecule has 0 atom stereocenters. The number of nitrogens with one attached hydrogen (secondary N) is 1. The SMILES string of the molecule is C=CCN(CC=C)CCC(=O)Nc1ccccc1. The van der Waals surface area contributed by atoms with Gasteiger partial charge in [-0.25, -0.2) is 0 Å². The first-order valence-electron chi connectivity index (χ1n) is 6.05. The van der Waals surface area contributed by atoms with Crippen molar-refractivity contribution in [1.82, 2.24) is 4.90 Å². The van der Waals surface area contributed by atoms with Crippen molar-refractivity contribution < 1.29 is 4.79 Å². The van der Waals surface area contributed by atoms with Crippen molar-refractivity contribution in [3.63, 3.8) is 0 Å². The van der Waals surface area contributed by atoms with E-state index in [1.807, 2.05) is 42.5 Å². The molecule has 0 saturated heterocycles. The maximum absolute atomic E-state index is 11.7. The molecule has 0 fully saturated rings. The molecule has 0 aliphatic heterocycles. The van der Waals surface area contributed by atoms with Gasteiger partial charge in [0.05, 0.1) is 0 Å². The van der Waals surface area contributed by atoms with Gasteiger partial charge in [0.15, 0.2) is 0 Å². The number of carbonyl (C=O) groups is 1. The Morgan fingerprint density at radius 1 is 1.17 bits per heavy atom. The standard InChI is InChI=1S/C15H20N2O/c1-3-11-17(12-4-2)13-10-15(18)16-14-8-6-5-7-9-14/h3-9H,1-2,10-13H2,(H,16,18). The summed E-state index contributed by atoms with van der Waals surface area (Å²) in [5.41, 5.74) is 0.835. The number of para-hydroxylation sites is 1. The summed E-state index contributed by atoms with van der Waals surface area (Å²) in [5, 5.41) is 2.86. The molecular weight excluding hydrogens is 224 g/mol. The Labute approximate surface area is 109 Å². The highest BCUT2D eigenvalue weighted by molar-refractivity contribution is 5.90. The number of hydrogen-bond donors (Lipinski definition) is 1. The van der Waals surface area contributed by atoms with Gasteiger partial charge in [0.25, 0.3) is 0 Å². The fraction of sp³-hybridized carbons (Fsp3) is 0.267. The minimum atomic E-state index is 0.0272. The second-order valence-corrected chi connectivity index (χ2v) is 4.00. The molecule has 0 aromatic heterocycles. The third-order valence-electron chi connectivity index (χ3n) is 2.49. The molecule has 0 saturated carbocycles. The highest BCUT2D eigenvalue weighted by Crippen LogP contribution is 2.05. The van der Waals surface area contributed by atoms with E-state index in [1.54, 1.807) is 0 Å². The van der Waals surface area contributed by atoms with Crippen molar-refractivity contribution in [2.75, 3.05) is 25.0 Å². The van der Waals surface area contributed by atoms with Gasteiger partial charge >= 0.3 is 0 Å². The van der Waals surface area contributed by atoms with Gasteiger partial charge in [0.1, 0.15) is 0 Å². The van der Waals surface area contributed by atoms with Crippen molar-refractivity contribution >= 4 is 11.6 Å². The first kappa shape index (κ1) is 14.2. The van der Waals surface area contributed by atoms with E-state index in [0.29, 0.717) is 13.0 Å². The van der Waals surface area contributed by atoms with Gasteiger partial charge < -0.3 is 5.32 Å². The molecule has 0 spiro atoms. The van der Waals surface area contributed by atoms with Crippen molar-refractivity contribution in [3.8, 4) is 0 Å². The summed E-state index contributed by atoms with van der Waals surface area (Å²) in [4.78, 5) is 13.9. The van der Waals surface area contributed by atoms with Crippen LogP contribution in [0.4, 0.5) is 5.69 Å². The molecule has 1 amide bonds. The van der Waals surface area contributed by atoms with Gasteiger partial charge in [-0.3, -0.25) is 9.69 Å². The van der Waals surface area contributed by atoms with Crippen LogP contribution in [0.15, 0.2) is 55.6 Å². The Balaban J connectivity index is 2.35. The van der Waals surface area contributed by atoms with E-state index in [-0.39, 0.29) is 5.91 Å². The number of amides is 1. The van der Waals surface area contributed by atoms with Crippen molar-refractivity contribution in [2.45, 2.75) is 6.42 Å². The van der Waals surface area contributed by atoms with Crippen molar-refractivity contribution in [3.05, 3.63) is 55.6 Å². The van der Waals surface area contributed by atoms with Gasteiger partial charge in [-0.05, 0) is 12.1 Å². The fourth-order valence-electron chi connectivity index (χ4n) is 1.63. The van der Waals surface area contributed by atoms with Crippen molar-refractivity contribution in [2.24, 2.45) is 0 Å². The van der Waals surface area contributed by atoms with Crippen LogP contribution < -0.4 is 5.32 Å². The zero-order valence-electron chi connectivity index (χ0n) is 10.6. The Morgan fingerprint density at radius 3 is 2.33 bits per heavy atom. The first-order chi connectivity index (χ1) is 8.76. The minimum absolute atomic E-state index is 0.0272. The van der Waals surface area contributed by atoms with Crippen molar-refractivity contribution in [1.29, 1.82) is 0 Å². The fourth-order valence-corrected chi connectivity index (χ4v) is 1.63. The largest absolute Gasteiger partial charge is 0.326 e. The highest BCUT2D eigenvalue weighted by atomic mass is 16.1. The van der Waals surface area contributed by atoms with Crippen LogP contribution in [-0.4, -0.2) is 30.4 Å². The van der Waals surface area contributed by atoms with Gasteiger partial charge in [-0.2, -0.15) is 0 Å². The highest BCUT2D eigenvalue weighted by Gasteiger charge is 2.06. The summed E-state index contributed by atoms with van der Waals surface area (Å²) in [6, 6.07) is 9.48. The smallest absolute Gasteiger partial charge is 0.225 e. The zero-order chi connectivity index (χ0) is 13.2. The Hall–Kier alpha value is -1.87. The molecular formula is C15H20N2O. The zero-order valence-corrected chi connectivity index (χ0v) is 10.6. The normalized spacial score (nSPS) is 10.1. The van der Waals surface area contributed by atoms with Gasteiger partial charge in [-0.1, -0.05) is 30.4 Å². The maximum Gasteiger partial charge on any atom is 0.225 e. The Bertz CT molecular complexity index is 377. The Kier molecular flexibility index (Phi) is 6.51. The van der Waals surface area contributed by atoms with Crippen LogP contribution in [-0.2, 0) is 4.79 Å². The van der Waals surface area contributed by atoms with E-state index in [1.165, 1.54) is 0 Å². The summed E-state index contributed by atoms with van der Waals surface area (Å²) >= 11 is 0. The minimum Gasteiger partial charge on any atom is -0.326 e. The number of carbonyl (C=O) groups excluding carboxylic acids is 1. The molecule has 1 rings (SSSR count). The van der Waals surface area contributed by atoms with Crippen LogP contribution in [0, 0.1) is 0 Å². The van der Waals surface area contributed by atoms with E-state index in [4.69, 9.17) is 0 Å². The second-order valence-electron chi connectivity index (χ2n) is 4.00. The number of hydrogen-bond acceptors (Lipinski definition) is 2. The molecule has 0 bridgehead atoms. The lowest BCUT2D eigenvalue weighted by Crippen LogP contribution is -2.28. The van der Waals surface area contributed by atoms with E-state index in [2.05, 4.69) is 23.4 Å². The van der Waals surface area contributed by atoms with Crippen LogP contribution in [0.1, 0.15) is 6.42 Å². The predicted molar refractivity (Wildman–Crippen MR) is 76.5 cm³/mol. The second kappa shape index (κ2) is 8.25. The quantitative estimate of drug-likeness (QED) is 0.713. The number of rotatable bonds is 8. The molecule has 1 aromatic carbocycles. The summed E-state index contributed by atoms with van der Waals surface area (Å²) in [5.74, 6) is 0.0272. The number of anilines is 1. The molecule has 0 aliphatic carbocycles. The average Bonchev–Trinajstić information content (AvgIpc) is 2.38. The molecule has 3 nitrogen and oxygen atoms in total. The van der Waals surface area contributed by atoms with E-state index in [0.717, 1.165) is 18.8 Å². The lowest BCUT2D eigenvalue weighted by Gasteiger charge is -2.18. The number of benzene rings is 1. The molecule has 1 N–H and O–H groups in total. The third-order valence-corrected chi connectivity index (χ3v) is 2.49. The first-order valence-corrected chi connectivity index (χ1v) is 6.05. The summed E-state index contributed by atoms with van der Waals surface area (Å²) in [7, 11) is 0. The molecule has 96 valence electrons. The molecule has 0 aliphatic rings. The van der Waals surface area contributed by atoms with Crippen LogP contribution >= 0.6 is 0 Å². The van der Waals surface area contributed by atoms with E-state index < -0.39 is 0 Å². The maximum atomic E-state index is 11.7. The predicted octanol–water partition coefficient (Wildman–Crippen LogP) is 2.69. The molecule has 0 unspecified atom stereocenters. The van der Waals surface area contributed by atoms with Crippen LogP contribution in [0.3, 0.4) is 0 Å². The molecule has 0 radical (unpaired) electrons. The summed E-state index contributed by atoms with van der Waals surface area (Å²) in [6.07, 6.45) is 4.13. The molecule has 1 aromatic rings. The van der Waals surface area contributed by atoms with Crippen LogP contribution in [0.2, 0.25) is 0 Å². The molecule has 18 heavy (non-hydrogen) atoms. The number of nitrogens with zero attached hydrogens (tertiary/aromatic N) is 1. The lowest BCUT2D eigenvalue weighted by atomic mass is 10.3. The van der Waals surface area contributed by atoms with Crippen LogP contribution in [0.5, 0.6) is 0 Å². The molecule has 3 heteroatoms.